The number of thiophene rings is 1. The van der Waals surface area contributed by atoms with Crippen molar-refractivity contribution in [2.24, 2.45) is 0 Å². The molecular formula is C16H14FNO2S. The van der Waals surface area contributed by atoms with Gasteiger partial charge in [-0.2, -0.15) is 0 Å². The molecule has 1 aliphatic heterocycles. The summed E-state index contributed by atoms with van der Waals surface area (Å²) < 4.78 is 13.4. The van der Waals surface area contributed by atoms with Gasteiger partial charge in [0.15, 0.2) is 0 Å². The van der Waals surface area contributed by atoms with Crippen LogP contribution in [0.4, 0.5) is 10.1 Å². The lowest BCUT2D eigenvalue weighted by Crippen LogP contribution is -2.19. The van der Waals surface area contributed by atoms with Gasteiger partial charge in [-0.15, -0.1) is 11.3 Å². The van der Waals surface area contributed by atoms with Gasteiger partial charge in [-0.05, 0) is 47.2 Å². The van der Waals surface area contributed by atoms with Crippen molar-refractivity contribution in [2.45, 2.75) is 13.0 Å². The molecule has 5 heteroatoms. The molecule has 0 radical (unpaired) electrons. The third kappa shape index (κ3) is 2.97. The predicted octanol–water partition coefficient (Wildman–Crippen LogP) is 3.55. The Labute approximate surface area is 126 Å². The van der Waals surface area contributed by atoms with E-state index in [1.165, 1.54) is 6.07 Å². The van der Waals surface area contributed by atoms with Crippen molar-refractivity contribution in [3.8, 4) is 0 Å². The molecule has 0 atom stereocenters. The Hall–Kier alpha value is -2.14. The first-order valence-corrected chi connectivity index (χ1v) is 7.52. The van der Waals surface area contributed by atoms with E-state index in [1.54, 1.807) is 23.5 Å². The minimum atomic E-state index is -0.958. The molecule has 108 valence electrons. The topological polar surface area (TPSA) is 40.5 Å². The normalized spacial score (nSPS) is 13.9. The van der Waals surface area contributed by atoms with Crippen LogP contribution < -0.4 is 4.90 Å². The second-order valence-corrected chi connectivity index (χ2v) is 5.92. The Morgan fingerprint density at radius 1 is 1.43 bits per heavy atom. The Morgan fingerprint density at radius 3 is 3.10 bits per heavy atom. The maximum atomic E-state index is 13.4. The number of rotatable bonds is 4. The number of hydrogen-bond acceptors (Lipinski definition) is 3. The molecule has 0 spiro atoms. The van der Waals surface area contributed by atoms with Gasteiger partial charge < -0.3 is 10.0 Å². The van der Waals surface area contributed by atoms with Crippen LogP contribution in [0.2, 0.25) is 0 Å². The molecule has 0 bridgehead atoms. The summed E-state index contributed by atoms with van der Waals surface area (Å²) in [4.78, 5) is 13.8. The number of benzene rings is 1. The maximum absolute atomic E-state index is 13.4. The standard InChI is InChI=1S/C16H14FNO2S/c17-13-3-1-11-5-7-18(14(11)9-13)10-15-12(6-8-21-15)2-4-16(19)20/h1-4,6,8-9H,5,7,10H2,(H,19,20)/b4-2+. The van der Waals surface area contributed by atoms with Gasteiger partial charge in [0.2, 0.25) is 0 Å². The van der Waals surface area contributed by atoms with E-state index in [4.69, 9.17) is 5.11 Å². The summed E-state index contributed by atoms with van der Waals surface area (Å²) in [5.41, 5.74) is 3.01. The molecular weight excluding hydrogens is 289 g/mol. The van der Waals surface area contributed by atoms with Crippen LogP contribution in [0, 0.1) is 5.82 Å². The minimum absolute atomic E-state index is 0.224. The first kappa shape index (κ1) is 13.8. The van der Waals surface area contributed by atoms with Crippen molar-refractivity contribution in [2.75, 3.05) is 11.4 Å². The van der Waals surface area contributed by atoms with Crippen LogP contribution in [0.25, 0.3) is 6.08 Å². The van der Waals surface area contributed by atoms with Crippen LogP contribution in [0.3, 0.4) is 0 Å². The largest absolute Gasteiger partial charge is 0.478 e. The lowest BCUT2D eigenvalue weighted by Gasteiger charge is -2.19. The maximum Gasteiger partial charge on any atom is 0.328 e. The van der Waals surface area contributed by atoms with Crippen LogP contribution in [0.15, 0.2) is 35.7 Å². The van der Waals surface area contributed by atoms with E-state index in [0.717, 1.165) is 40.7 Å². The minimum Gasteiger partial charge on any atom is -0.478 e. The van der Waals surface area contributed by atoms with Gasteiger partial charge in [0.25, 0.3) is 0 Å². The molecule has 0 saturated heterocycles. The molecule has 3 nitrogen and oxygen atoms in total. The summed E-state index contributed by atoms with van der Waals surface area (Å²) in [5.74, 6) is -1.18. The Kier molecular flexibility index (Phi) is 3.75. The second kappa shape index (κ2) is 5.69. The van der Waals surface area contributed by atoms with Crippen molar-refractivity contribution in [1.29, 1.82) is 0 Å². The zero-order valence-corrected chi connectivity index (χ0v) is 12.1. The number of carbonyl (C=O) groups is 1. The van der Waals surface area contributed by atoms with Gasteiger partial charge in [-0.25, -0.2) is 9.18 Å². The third-order valence-electron chi connectivity index (χ3n) is 3.56. The van der Waals surface area contributed by atoms with Crippen molar-refractivity contribution in [1.82, 2.24) is 0 Å². The number of carboxylic acids is 1. The molecule has 2 heterocycles. The Balaban J connectivity index is 1.82. The second-order valence-electron chi connectivity index (χ2n) is 4.92. The highest BCUT2D eigenvalue weighted by atomic mass is 32.1. The molecule has 1 aromatic carbocycles. The van der Waals surface area contributed by atoms with Crippen molar-refractivity contribution < 1.29 is 14.3 Å². The lowest BCUT2D eigenvalue weighted by molar-refractivity contribution is -0.131. The summed E-state index contributed by atoms with van der Waals surface area (Å²) in [6.07, 6.45) is 3.67. The molecule has 21 heavy (non-hydrogen) atoms. The fourth-order valence-corrected chi connectivity index (χ4v) is 3.43. The molecule has 3 rings (SSSR count). The lowest BCUT2D eigenvalue weighted by atomic mass is 10.1. The summed E-state index contributed by atoms with van der Waals surface area (Å²) in [5, 5.41) is 10.7. The number of nitrogens with zero attached hydrogens (tertiary/aromatic N) is 1. The predicted molar refractivity (Wildman–Crippen MR) is 82.1 cm³/mol. The smallest absolute Gasteiger partial charge is 0.328 e. The van der Waals surface area contributed by atoms with Gasteiger partial charge in [0, 0.05) is 23.2 Å². The Morgan fingerprint density at radius 2 is 2.29 bits per heavy atom. The van der Waals surface area contributed by atoms with Crippen LogP contribution in [-0.4, -0.2) is 17.6 Å². The SMILES string of the molecule is O=C(O)/C=C/c1ccsc1CN1CCc2ccc(F)cc21. The van der Waals surface area contributed by atoms with Gasteiger partial charge >= 0.3 is 5.97 Å². The van der Waals surface area contributed by atoms with E-state index in [2.05, 4.69) is 4.90 Å². The highest BCUT2D eigenvalue weighted by Crippen LogP contribution is 2.31. The molecule has 0 amide bonds. The highest BCUT2D eigenvalue weighted by Gasteiger charge is 2.20. The van der Waals surface area contributed by atoms with Gasteiger partial charge in [-0.3, -0.25) is 0 Å². The average molecular weight is 303 g/mol. The summed E-state index contributed by atoms with van der Waals surface area (Å²) in [6, 6.07) is 6.81. The van der Waals surface area contributed by atoms with Crippen LogP contribution in [-0.2, 0) is 17.8 Å². The number of aliphatic carboxylic acids is 1. The molecule has 1 aliphatic rings. The van der Waals surface area contributed by atoms with Gasteiger partial charge in [0.05, 0.1) is 6.54 Å². The Bertz CT molecular complexity index is 708. The first-order chi connectivity index (χ1) is 10.1. The molecule has 0 unspecified atom stereocenters. The number of halogens is 1. The molecule has 1 aromatic heterocycles. The zero-order valence-electron chi connectivity index (χ0n) is 11.3. The average Bonchev–Trinajstić information content (AvgIpc) is 3.04. The van der Waals surface area contributed by atoms with Crippen molar-refractivity contribution >= 4 is 29.1 Å². The highest BCUT2D eigenvalue weighted by molar-refractivity contribution is 7.10. The van der Waals surface area contributed by atoms with Crippen LogP contribution >= 0.6 is 11.3 Å². The van der Waals surface area contributed by atoms with Crippen molar-refractivity contribution in [3.63, 3.8) is 0 Å². The molecule has 0 saturated carbocycles. The van der Waals surface area contributed by atoms with E-state index in [0.29, 0.717) is 6.54 Å². The van der Waals surface area contributed by atoms with Crippen LogP contribution in [0.1, 0.15) is 16.0 Å². The monoisotopic (exact) mass is 303 g/mol. The molecule has 1 N–H and O–H groups in total. The van der Waals surface area contributed by atoms with Crippen molar-refractivity contribution in [3.05, 3.63) is 57.5 Å². The number of fused-ring (bicyclic) bond motifs is 1. The van der Waals surface area contributed by atoms with Gasteiger partial charge in [-0.1, -0.05) is 6.07 Å². The third-order valence-corrected chi connectivity index (χ3v) is 4.48. The first-order valence-electron chi connectivity index (χ1n) is 6.64. The van der Waals surface area contributed by atoms with E-state index in [9.17, 15) is 9.18 Å². The van der Waals surface area contributed by atoms with Gasteiger partial charge in [0.1, 0.15) is 5.82 Å². The summed E-state index contributed by atoms with van der Waals surface area (Å²) >= 11 is 1.59. The number of carboxylic acid groups (broad SMARTS) is 1. The number of anilines is 1. The quantitative estimate of drug-likeness (QED) is 0.878. The fourth-order valence-electron chi connectivity index (χ4n) is 2.54. The molecule has 2 aromatic rings. The molecule has 0 fully saturated rings. The molecule has 0 aliphatic carbocycles. The van der Waals surface area contributed by atoms with Crippen LogP contribution in [0.5, 0.6) is 0 Å². The van der Waals surface area contributed by atoms with E-state index >= 15 is 0 Å². The summed E-state index contributed by atoms with van der Waals surface area (Å²) in [7, 11) is 0. The summed E-state index contributed by atoms with van der Waals surface area (Å²) in [6.45, 7) is 1.53. The van der Waals surface area contributed by atoms with E-state index in [-0.39, 0.29) is 5.82 Å². The fraction of sp³-hybridized carbons (Fsp3) is 0.188. The number of hydrogen-bond donors (Lipinski definition) is 1. The zero-order chi connectivity index (χ0) is 14.8. The van der Waals surface area contributed by atoms with E-state index < -0.39 is 5.97 Å². The van der Waals surface area contributed by atoms with E-state index in [1.807, 2.05) is 17.5 Å².